The molecule has 1 aromatic carbocycles. The van der Waals surface area contributed by atoms with Gasteiger partial charge in [-0.2, -0.15) is 8.78 Å². The highest BCUT2D eigenvalue weighted by Crippen LogP contribution is 2.37. The molecule has 0 radical (unpaired) electrons. The van der Waals surface area contributed by atoms with Crippen LogP contribution in [0.2, 0.25) is 0 Å². The molecule has 34 heavy (non-hydrogen) atoms. The number of hydrogen-bond acceptors (Lipinski definition) is 6. The summed E-state index contributed by atoms with van der Waals surface area (Å²) in [6.07, 6.45) is -2.84. The molecule has 3 atom stereocenters. The lowest BCUT2D eigenvalue weighted by Crippen LogP contribution is -2.53. The normalized spacial score (nSPS) is 13.4. The molecule has 0 aliphatic carbocycles. The summed E-state index contributed by atoms with van der Waals surface area (Å²) in [4.78, 5) is 55.5. The van der Waals surface area contributed by atoms with Gasteiger partial charge in [-0.05, 0) is 41.5 Å². The van der Waals surface area contributed by atoms with Gasteiger partial charge in [0.25, 0.3) is 0 Å². The van der Waals surface area contributed by atoms with Crippen molar-refractivity contribution in [3.05, 3.63) is 35.4 Å². The zero-order chi connectivity index (χ0) is 25.9. The SMILES string of the molecule is CC(=O)NCCCCC(NC(=O)C(Cc1ccc(C(F)(F)O[P+](=O)O)cc1)NC(C)=O)C(N)=O. The first-order valence-electron chi connectivity index (χ1n) is 10.3. The van der Waals surface area contributed by atoms with E-state index in [9.17, 15) is 32.5 Å². The van der Waals surface area contributed by atoms with E-state index in [2.05, 4.69) is 20.5 Å². The number of benzene rings is 1. The number of nitrogens with two attached hydrogens (primary N) is 1. The van der Waals surface area contributed by atoms with E-state index in [0.29, 0.717) is 24.9 Å². The maximum Gasteiger partial charge on any atom is 0.701 e. The molecule has 11 nitrogen and oxygen atoms in total. The van der Waals surface area contributed by atoms with Crippen molar-refractivity contribution in [2.45, 2.75) is 57.7 Å². The van der Waals surface area contributed by atoms with Crippen molar-refractivity contribution in [3.63, 3.8) is 0 Å². The zero-order valence-corrected chi connectivity index (χ0v) is 19.6. The third kappa shape index (κ3) is 10.7. The lowest BCUT2D eigenvalue weighted by atomic mass is 10.0. The average molecular weight is 505 g/mol. The van der Waals surface area contributed by atoms with Crippen molar-refractivity contribution in [2.75, 3.05) is 6.54 Å². The Morgan fingerprint density at radius 1 is 1.06 bits per heavy atom. The molecule has 0 aliphatic heterocycles. The minimum atomic E-state index is -4.00. The summed E-state index contributed by atoms with van der Waals surface area (Å²) in [5.74, 6) is -2.19. The van der Waals surface area contributed by atoms with Gasteiger partial charge < -0.3 is 21.7 Å². The Hall–Kier alpha value is -3.02. The zero-order valence-electron chi connectivity index (χ0n) is 18.7. The van der Waals surface area contributed by atoms with Crippen molar-refractivity contribution in [2.24, 2.45) is 5.73 Å². The lowest BCUT2D eigenvalue weighted by Gasteiger charge is -2.22. The summed E-state index contributed by atoms with van der Waals surface area (Å²) < 4.78 is 41.8. The average Bonchev–Trinajstić information content (AvgIpc) is 2.70. The molecule has 0 aromatic heterocycles. The fraction of sp³-hybridized carbons (Fsp3) is 0.500. The van der Waals surface area contributed by atoms with Crippen molar-refractivity contribution in [3.8, 4) is 0 Å². The van der Waals surface area contributed by atoms with Gasteiger partial charge in [0.15, 0.2) is 0 Å². The molecule has 14 heteroatoms. The lowest BCUT2D eigenvalue weighted by molar-refractivity contribution is -0.185. The van der Waals surface area contributed by atoms with Crippen LogP contribution in [0.3, 0.4) is 0 Å². The molecular formula is C20H28F2N4O7P+. The van der Waals surface area contributed by atoms with E-state index in [0.717, 1.165) is 12.1 Å². The molecule has 0 aliphatic rings. The van der Waals surface area contributed by atoms with Crippen LogP contribution in [0, 0.1) is 0 Å². The van der Waals surface area contributed by atoms with Crippen LogP contribution in [-0.2, 0) is 40.8 Å². The molecule has 188 valence electrons. The number of primary amides is 1. The molecule has 0 saturated carbocycles. The monoisotopic (exact) mass is 505 g/mol. The summed E-state index contributed by atoms with van der Waals surface area (Å²) in [6, 6.07) is 2.25. The highest BCUT2D eigenvalue weighted by molar-refractivity contribution is 7.32. The quantitative estimate of drug-likeness (QED) is 0.183. The van der Waals surface area contributed by atoms with Crippen LogP contribution in [0.4, 0.5) is 8.78 Å². The van der Waals surface area contributed by atoms with Gasteiger partial charge in [-0.3, -0.25) is 19.2 Å². The number of unbranched alkanes of at least 4 members (excludes halogenated alkanes) is 1. The third-order valence-corrected chi connectivity index (χ3v) is 4.96. The van der Waals surface area contributed by atoms with Crippen LogP contribution in [0.5, 0.6) is 0 Å². The van der Waals surface area contributed by atoms with Crippen molar-refractivity contribution >= 4 is 31.9 Å². The third-order valence-electron chi connectivity index (χ3n) is 4.57. The van der Waals surface area contributed by atoms with E-state index in [-0.39, 0.29) is 18.7 Å². The second-order valence-electron chi connectivity index (χ2n) is 7.44. The van der Waals surface area contributed by atoms with Gasteiger partial charge in [-0.15, -0.1) is 4.89 Å². The van der Waals surface area contributed by atoms with Crippen LogP contribution in [0.25, 0.3) is 0 Å². The highest BCUT2D eigenvalue weighted by atomic mass is 31.1. The first-order valence-corrected chi connectivity index (χ1v) is 11.4. The number of carbonyl (C=O) groups excluding carboxylic acids is 4. The Labute approximate surface area is 195 Å². The highest BCUT2D eigenvalue weighted by Gasteiger charge is 2.43. The number of halogens is 2. The minimum Gasteiger partial charge on any atom is -0.368 e. The van der Waals surface area contributed by atoms with Gasteiger partial charge in [0.05, 0.1) is 5.56 Å². The van der Waals surface area contributed by atoms with E-state index in [4.69, 9.17) is 10.6 Å². The summed E-state index contributed by atoms with van der Waals surface area (Å²) in [5.41, 5.74) is 5.07. The van der Waals surface area contributed by atoms with Gasteiger partial charge in [0.2, 0.25) is 23.6 Å². The molecule has 1 aromatic rings. The summed E-state index contributed by atoms with van der Waals surface area (Å²) in [5, 5.41) is 7.53. The molecule has 0 spiro atoms. The van der Waals surface area contributed by atoms with Crippen LogP contribution in [-0.4, -0.2) is 47.2 Å². The molecule has 1 rings (SSSR count). The van der Waals surface area contributed by atoms with Gasteiger partial charge in [-0.25, -0.2) is 0 Å². The Bertz CT molecular complexity index is 899. The van der Waals surface area contributed by atoms with E-state index >= 15 is 0 Å². The standard InChI is InChI=1S/C20H27F2N4O7P/c1-12(27)24-10-4-3-5-16(18(23)29)26-19(30)17(25-13(2)28)11-14-6-8-15(9-7-14)20(21,22)33-34(31)32/h6-9,16-17H,3-5,10-11H2,1-2H3,(H5-,23,24,25,26,27,28,29,30,31,32)/p+1. The number of alkyl halides is 2. The Morgan fingerprint density at radius 2 is 1.68 bits per heavy atom. The smallest absolute Gasteiger partial charge is 0.368 e. The molecule has 0 heterocycles. The maximum absolute atomic E-state index is 13.8. The predicted molar refractivity (Wildman–Crippen MR) is 116 cm³/mol. The second kappa shape index (κ2) is 13.6. The van der Waals surface area contributed by atoms with Crippen molar-refractivity contribution in [1.82, 2.24) is 16.0 Å². The maximum atomic E-state index is 13.8. The Morgan fingerprint density at radius 3 is 2.18 bits per heavy atom. The predicted octanol–water partition coefficient (Wildman–Crippen LogP) is 0.726. The summed E-state index contributed by atoms with van der Waals surface area (Å²) in [6.45, 7) is 2.96. The molecule has 4 amide bonds. The number of hydrogen-bond donors (Lipinski definition) is 5. The molecule has 0 fully saturated rings. The minimum absolute atomic E-state index is 0.0968. The number of amides is 4. The van der Waals surface area contributed by atoms with Crippen LogP contribution in [0.1, 0.15) is 44.2 Å². The first kappa shape index (κ1) is 29.0. The number of carbonyl (C=O) groups is 4. The summed E-state index contributed by atoms with van der Waals surface area (Å²) in [7, 11) is -3.53. The van der Waals surface area contributed by atoms with Gasteiger partial charge >= 0.3 is 14.4 Å². The Balaban J connectivity index is 2.84. The molecule has 0 saturated heterocycles. The first-order chi connectivity index (χ1) is 15.8. The van der Waals surface area contributed by atoms with Gasteiger partial charge in [0.1, 0.15) is 12.1 Å². The van der Waals surface area contributed by atoms with E-state index in [1.807, 2.05) is 0 Å². The van der Waals surface area contributed by atoms with Crippen molar-refractivity contribution in [1.29, 1.82) is 0 Å². The fourth-order valence-corrected chi connectivity index (χ4v) is 3.27. The van der Waals surface area contributed by atoms with Crippen LogP contribution < -0.4 is 21.7 Å². The summed E-state index contributed by atoms with van der Waals surface area (Å²) >= 11 is 0. The molecule has 6 N–H and O–H groups in total. The Kier molecular flexibility index (Phi) is 11.6. The van der Waals surface area contributed by atoms with E-state index in [1.165, 1.54) is 26.0 Å². The molecular weight excluding hydrogens is 477 g/mol. The van der Waals surface area contributed by atoms with Gasteiger partial charge in [-0.1, -0.05) is 12.1 Å². The van der Waals surface area contributed by atoms with Crippen LogP contribution in [0.15, 0.2) is 24.3 Å². The second-order valence-corrected chi connectivity index (χ2v) is 8.10. The van der Waals surface area contributed by atoms with Crippen LogP contribution >= 0.6 is 8.25 Å². The van der Waals surface area contributed by atoms with E-state index in [1.54, 1.807) is 0 Å². The largest absolute Gasteiger partial charge is 0.701 e. The fourth-order valence-electron chi connectivity index (χ4n) is 2.97. The van der Waals surface area contributed by atoms with Crippen molar-refractivity contribution < 1.29 is 41.9 Å². The number of nitrogens with one attached hydrogen (secondary N) is 3. The topological polar surface area (TPSA) is 177 Å². The molecule has 0 bridgehead atoms. The number of rotatable bonds is 14. The van der Waals surface area contributed by atoms with E-state index < -0.39 is 49.7 Å². The van der Waals surface area contributed by atoms with Gasteiger partial charge in [0, 0.05) is 31.4 Å². The molecule has 3 unspecified atom stereocenters.